The first kappa shape index (κ1) is 30.4. The van der Waals surface area contributed by atoms with Crippen molar-refractivity contribution in [2.75, 3.05) is 12.3 Å². The van der Waals surface area contributed by atoms with Crippen molar-refractivity contribution < 1.29 is 9.59 Å². The third kappa shape index (κ3) is 9.53. The Morgan fingerprint density at radius 2 is 1.58 bits per heavy atom. The lowest BCUT2D eigenvalue weighted by atomic mass is 10.0. The normalized spacial score (nSPS) is 11.7. The summed E-state index contributed by atoms with van der Waals surface area (Å²) in [6.45, 7) is 2.79. The zero-order chi connectivity index (χ0) is 27.3. The first-order chi connectivity index (χ1) is 18.4. The maximum atomic E-state index is 13.7. The van der Waals surface area contributed by atoms with E-state index in [-0.39, 0.29) is 18.4 Å². The summed E-state index contributed by atoms with van der Waals surface area (Å²) in [5, 5.41) is 4.67. The fourth-order valence-corrected chi connectivity index (χ4v) is 5.50. The maximum Gasteiger partial charge on any atom is 0.243 e. The third-order valence-electron chi connectivity index (χ3n) is 6.11. The van der Waals surface area contributed by atoms with Gasteiger partial charge in [0.2, 0.25) is 11.8 Å². The van der Waals surface area contributed by atoms with E-state index in [4.69, 9.17) is 34.8 Å². The number of benzene rings is 3. The van der Waals surface area contributed by atoms with Gasteiger partial charge in [0.25, 0.3) is 0 Å². The molecule has 0 aliphatic rings. The Balaban J connectivity index is 1.82. The van der Waals surface area contributed by atoms with Crippen LogP contribution in [0.2, 0.25) is 15.1 Å². The summed E-state index contributed by atoms with van der Waals surface area (Å²) in [7, 11) is 0. The van der Waals surface area contributed by atoms with E-state index < -0.39 is 6.04 Å². The summed E-state index contributed by atoms with van der Waals surface area (Å²) in [6, 6.07) is 22.0. The minimum absolute atomic E-state index is 0.107. The third-order valence-corrected chi connectivity index (χ3v) is 8.17. The monoisotopic (exact) mass is 590 g/mol. The summed E-state index contributed by atoms with van der Waals surface area (Å²) < 4.78 is 0. The first-order valence-electron chi connectivity index (χ1n) is 12.8. The van der Waals surface area contributed by atoms with Crippen molar-refractivity contribution in [1.29, 1.82) is 0 Å². The Hall–Kier alpha value is -2.18. The summed E-state index contributed by atoms with van der Waals surface area (Å²) >= 11 is 20.6. The Bertz CT molecular complexity index is 1160. The molecule has 4 nitrogen and oxygen atoms in total. The van der Waals surface area contributed by atoms with Crippen LogP contribution in [0.25, 0.3) is 0 Å². The average Bonchev–Trinajstić information content (AvgIpc) is 2.91. The summed E-state index contributed by atoms with van der Waals surface area (Å²) in [6.07, 6.45) is 3.19. The molecular weight excluding hydrogens is 559 g/mol. The molecule has 1 N–H and O–H groups in total. The zero-order valence-corrected chi connectivity index (χ0v) is 24.6. The van der Waals surface area contributed by atoms with Crippen LogP contribution in [-0.2, 0) is 22.6 Å². The minimum atomic E-state index is -0.696. The molecule has 0 unspecified atom stereocenters. The van der Waals surface area contributed by atoms with Crippen LogP contribution in [0.3, 0.4) is 0 Å². The number of amides is 2. The second kappa shape index (κ2) is 16.0. The molecule has 0 saturated heterocycles. The highest BCUT2D eigenvalue weighted by atomic mass is 35.5. The fraction of sp³-hybridized carbons (Fsp3) is 0.333. The molecule has 8 heteroatoms. The molecule has 0 aromatic heterocycles. The van der Waals surface area contributed by atoms with Gasteiger partial charge < -0.3 is 10.2 Å². The Labute approximate surface area is 245 Å². The van der Waals surface area contributed by atoms with Crippen molar-refractivity contribution in [3.8, 4) is 0 Å². The Morgan fingerprint density at radius 1 is 0.895 bits per heavy atom. The molecule has 0 spiro atoms. The average molecular weight is 592 g/mol. The molecule has 3 aromatic rings. The minimum Gasteiger partial charge on any atom is -0.354 e. The predicted molar refractivity (Wildman–Crippen MR) is 160 cm³/mol. The largest absolute Gasteiger partial charge is 0.354 e. The quantitative estimate of drug-likeness (QED) is 0.152. The lowest BCUT2D eigenvalue weighted by Crippen LogP contribution is -2.50. The SMILES string of the molecule is CCCCNC(=O)[C@@H](Cc1ccccc1)N(Cc1c(Cl)cccc1Cl)C(=O)CCCSc1ccc(Cl)cc1. The summed E-state index contributed by atoms with van der Waals surface area (Å²) in [4.78, 5) is 30.0. The molecule has 3 rings (SSSR count). The lowest BCUT2D eigenvalue weighted by molar-refractivity contribution is -0.141. The van der Waals surface area contributed by atoms with Crippen molar-refractivity contribution in [2.45, 2.75) is 56.5 Å². The summed E-state index contributed by atoms with van der Waals surface area (Å²) in [5.74, 6) is 0.485. The van der Waals surface area contributed by atoms with E-state index in [0.29, 0.717) is 46.4 Å². The van der Waals surface area contributed by atoms with Crippen LogP contribution in [0.4, 0.5) is 0 Å². The number of carbonyl (C=O) groups is 2. The van der Waals surface area contributed by atoms with E-state index in [1.807, 2.05) is 54.6 Å². The molecule has 0 aliphatic heterocycles. The van der Waals surface area contributed by atoms with Gasteiger partial charge in [-0.15, -0.1) is 11.8 Å². The number of thioether (sulfide) groups is 1. The van der Waals surface area contributed by atoms with E-state index in [9.17, 15) is 9.59 Å². The van der Waals surface area contributed by atoms with Gasteiger partial charge in [0.05, 0.1) is 0 Å². The van der Waals surface area contributed by atoms with E-state index >= 15 is 0 Å². The van der Waals surface area contributed by atoms with E-state index in [0.717, 1.165) is 29.1 Å². The molecule has 0 aliphatic carbocycles. The first-order valence-corrected chi connectivity index (χ1v) is 14.9. The van der Waals surface area contributed by atoms with Crippen LogP contribution < -0.4 is 5.32 Å². The number of hydrogen-bond acceptors (Lipinski definition) is 3. The van der Waals surface area contributed by atoms with Crippen LogP contribution >= 0.6 is 46.6 Å². The molecule has 0 fully saturated rings. The van der Waals surface area contributed by atoms with Crippen molar-refractivity contribution >= 4 is 58.4 Å². The fourth-order valence-electron chi connectivity index (χ4n) is 4.00. The van der Waals surface area contributed by atoms with Gasteiger partial charge in [-0.25, -0.2) is 0 Å². The van der Waals surface area contributed by atoms with Gasteiger partial charge in [-0.1, -0.05) is 84.5 Å². The van der Waals surface area contributed by atoms with Crippen LogP contribution in [0.15, 0.2) is 77.7 Å². The number of rotatable bonds is 14. The van der Waals surface area contributed by atoms with Crippen LogP contribution in [-0.4, -0.2) is 35.1 Å². The summed E-state index contributed by atoms with van der Waals surface area (Å²) in [5.41, 5.74) is 1.61. The number of halogens is 3. The van der Waals surface area contributed by atoms with Gasteiger partial charge in [0.15, 0.2) is 0 Å². The van der Waals surface area contributed by atoms with Crippen LogP contribution in [0.5, 0.6) is 0 Å². The van der Waals surface area contributed by atoms with Gasteiger partial charge in [-0.2, -0.15) is 0 Å². The number of nitrogens with one attached hydrogen (secondary N) is 1. The van der Waals surface area contributed by atoms with Gasteiger partial charge in [0, 0.05) is 51.5 Å². The van der Waals surface area contributed by atoms with Gasteiger partial charge in [-0.3, -0.25) is 9.59 Å². The van der Waals surface area contributed by atoms with Crippen molar-refractivity contribution in [2.24, 2.45) is 0 Å². The van der Waals surface area contributed by atoms with E-state index in [1.165, 1.54) is 0 Å². The zero-order valence-electron chi connectivity index (χ0n) is 21.5. The highest BCUT2D eigenvalue weighted by molar-refractivity contribution is 7.99. The number of nitrogens with zero attached hydrogens (tertiary/aromatic N) is 1. The highest BCUT2D eigenvalue weighted by Gasteiger charge is 2.31. The molecule has 202 valence electrons. The van der Waals surface area contributed by atoms with Gasteiger partial charge >= 0.3 is 0 Å². The van der Waals surface area contributed by atoms with Crippen LogP contribution in [0.1, 0.15) is 43.7 Å². The number of hydrogen-bond donors (Lipinski definition) is 1. The molecule has 0 bridgehead atoms. The molecule has 0 heterocycles. The highest BCUT2D eigenvalue weighted by Crippen LogP contribution is 2.28. The Kier molecular flexibility index (Phi) is 12.8. The predicted octanol–water partition coefficient (Wildman–Crippen LogP) is 8.08. The molecular formula is C30H33Cl3N2O2S. The Morgan fingerprint density at radius 3 is 2.24 bits per heavy atom. The van der Waals surface area contributed by atoms with E-state index in [2.05, 4.69) is 12.2 Å². The number of unbranched alkanes of at least 4 members (excludes halogenated alkanes) is 1. The lowest BCUT2D eigenvalue weighted by Gasteiger charge is -2.32. The van der Waals surface area contributed by atoms with Crippen molar-refractivity contribution in [3.63, 3.8) is 0 Å². The van der Waals surface area contributed by atoms with Crippen molar-refractivity contribution in [3.05, 3.63) is 99.0 Å². The van der Waals surface area contributed by atoms with Gasteiger partial charge in [-0.05, 0) is 60.6 Å². The second-order valence-electron chi connectivity index (χ2n) is 8.98. The molecule has 38 heavy (non-hydrogen) atoms. The van der Waals surface area contributed by atoms with Crippen molar-refractivity contribution in [1.82, 2.24) is 10.2 Å². The second-order valence-corrected chi connectivity index (χ2v) is 11.4. The molecule has 2 amide bonds. The number of carbonyl (C=O) groups excluding carboxylic acids is 2. The standard InChI is InChI=1S/C30H33Cl3N2O2S/c1-2-3-18-34-30(37)28(20-22-9-5-4-6-10-22)35(21-25-26(32)11-7-12-27(25)33)29(36)13-8-19-38-24-16-14-23(31)15-17-24/h4-7,9-12,14-17,28H,2-3,8,13,18-21H2,1H3,(H,34,37)/t28-/m1/s1. The smallest absolute Gasteiger partial charge is 0.243 e. The molecule has 0 radical (unpaired) electrons. The maximum absolute atomic E-state index is 13.7. The molecule has 0 saturated carbocycles. The van der Waals surface area contributed by atoms with E-state index in [1.54, 1.807) is 34.9 Å². The van der Waals surface area contributed by atoms with Crippen LogP contribution in [0, 0.1) is 0 Å². The topological polar surface area (TPSA) is 49.4 Å². The molecule has 3 aromatic carbocycles. The van der Waals surface area contributed by atoms with Gasteiger partial charge in [0.1, 0.15) is 6.04 Å². The molecule has 1 atom stereocenters.